The molecule has 22 heavy (non-hydrogen) atoms. The predicted molar refractivity (Wildman–Crippen MR) is 85.9 cm³/mol. The quantitative estimate of drug-likeness (QED) is 0.591. The zero-order valence-electron chi connectivity index (χ0n) is 11.5. The Labute approximate surface area is 136 Å². The van der Waals surface area contributed by atoms with Crippen molar-refractivity contribution < 1.29 is 15.0 Å². The first-order valence-electron chi connectivity index (χ1n) is 6.20. The highest BCUT2D eigenvalue weighted by atomic mass is 35.5. The number of nitrogens with one attached hydrogen (secondary N) is 1. The summed E-state index contributed by atoms with van der Waals surface area (Å²) in [6.07, 6.45) is 0. The summed E-state index contributed by atoms with van der Waals surface area (Å²) < 4.78 is 0. The topological polar surface area (TPSA) is 81.9 Å². The molecule has 0 fully saturated rings. The Morgan fingerprint density at radius 2 is 1.91 bits per heavy atom. The minimum Gasteiger partial charge on any atom is -0.508 e. The maximum absolute atomic E-state index is 11.9. The van der Waals surface area contributed by atoms with Gasteiger partial charge in [0.15, 0.2) is 0 Å². The lowest BCUT2D eigenvalue weighted by atomic mass is 10.1. The summed E-state index contributed by atoms with van der Waals surface area (Å²) in [6, 6.07) is 8.74. The average Bonchev–Trinajstić information content (AvgIpc) is 2.48. The maximum atomic E-state index is 11.9. The van der Waals surface area contributed by atoms with Gasteiger partial charge in [0.05, 0.1) is 10.7 Å². The van der Waals surface area contributed by atoms with Gasteiger partial charge in [0.2, 0.25) is 0 Å². The summed E-state index contributed by atoms with van der Waals surface area (Å²) in [5.74, 6) is -0.686. The van der Waals surface area contributed by atoms with Crippen LogP contribution in [0.5, 0.6) is 11.5 Å². The zero-order chi connectivity index (χ0) is 16.3. The van der Waals surface area contributed by atoms with Crippen molar-refractivity contribution in [3.63, 3.8) is 0 Å². The Hall–Kier alpha value is -2.24. The van der Waals surface area contributed by atoms with Gasteiger partial charge in [-0.05, 0) is 37.3 Å². The van der Waals surface area contributed by atoms with Gasteiger partial charge in [-0.1, -0.05) is 29.3 Å². The highest BCUT2D eigenvalue weighted by Crippen LogP contribution is 2.31. The molecule has 2 aromatic rings. The monoisotopic (exact) mass is 338 g/mol. The van der Waals surface area contributed by atoms with E-state index in [0.717, 1.165) is 0 Å². The molecule has 0 bridgehead atoms. The highest BCUT2D eigenvalue weighted by Gasteiger charge is 2.11. The maximum Gasteiger partial charge on any atom is 0.271 e. The second kappa shape index (κ2) is 6.68. The molecule has 0 aliphatic heterocycles. The molecule has 0 aliphatic carbocycles. The van der Waals surface area contributed by atoms with E-state index in [9.17, 15) is 15.0 Å². The van der Waals surface area contributed by atoms with E-state index in [-0.39, 0.29) is 22.1 Å². The Morgan fingerprint density at radius 1 is 1.18 bits per heavy atom. The van der Waals surface area contributed by atoms with E-state index < -0.39 is 5.91 Å². The lowest BCUT2D eigenvalue weighted by molar-refractivity contribution is 0.0954. The van der Waals surface area contributed by atoms with Gasteiger partial charge in [-0.15, -0.1) is 0 Å². The van der Waals surface area contributed by atoms with Crippen LogP contribution < -0.4 is 5.43 Å². The standard InChI is InChI=1S/C15H12Cl2N2O3/c1-8(12-6-10(16)7-13(17)14(12)21)18-19-15(22)9-3-2-4-11(20)5-9/h2-7,20-21H,1H3,(H,19,22)/b18-8+. The molecule has 3 N–H and O–H groups in total. The normalized spacial score (nSPS) is 11.3. The molecule has 2 rings (SSSR count). The first kappa shape index (κ1) is 16.1. The number of benzene rings is 2. The van der Waals surface area contributed by atoms with Gasteiger partial charge in [0.1, 0.15) is 11.5 Å². The molecule has 1 amide bonds. The Kier molecular flexibility index (Phi) is 4.90. The second-order valence-electron chi connectivity index (χ2n) is 4.47. The molecule has 0 aliphatic rings. The third-order valence-corrected chi connectivity index (χ3v) is 3.36. The van der Waals surface area contributed by atoms with Crippen LogP contribution in [0.2, 0.25) is 10.0 Å². The molecule has 7 heteroatoms. The number of amides is 1. The number of phenols is 2. The number of hydrazone groups is 1. The average molecular weight is 339 g/mol. The lowest BCUT2D eigenvalue weighted by Crippen LogP contribution is -2.19. The number of hydrogen-bond donors (Lipinski definition) is 3. The van der Waals surface area contributed by atoms with Crippen LogP contribution in [0, 0.1) is 0 Å². The van der Waals surface area contributed by atoms with Crippen molar-refractivity contribution in [3.05, 3.63) is 57.6 Å². The van der Waals surface area contributed by atoms with Crippen molar-refractivity contribution in [1.29, 1.82) is 0 Å². The fraction of sp³-hybridized carbons (Fsp3) is 0.0667. The van der Waals surface area contributed by atoms with Crippen LogP contribution in [0.1, 0.15) is 22.8 Å². The number of halogens is 2. The van der Waals surface area contributed by atoms with Crippen LogP contribution in [0.3, 0.4) is 0 Å². The fourth-order valence-corrected chi connectivity index (χ4v) is 2.24. The van der Waals surface area contributed by atoms with E-state index in [1.807, 2.05) is 0 Å². The Morgan fingerprint density at radius 3 is 2.59 bits per heavy atom. The van der Waals surface area contributed by atoms with Crippen LogP contribution in [-0.4, -0.2) is 21.8 Å². The number of rotatable bonds is 3. The third kappa shape index (κ3) is 3.69. The van der Waals surface area contributed by atoms with Crippen LogP contribution in [0.15, 0.2) is 41.5 Å². The molecule has 0 spiro atoms. The smallest absolute Gasteiger partial charge is 0.271 e. The summed E-state index contributed by atoms with van der Waals surface area (Å²) in [7, 11) is 0. The summed E-state index contributed by atoms with van der Waals surface area (Å²) >= 11 is 11.7. The van der Waals surface area contributed by atoms with Gasteiger partial charge in [0, 0.05) is 16.1 Å². The second-order valence-corrected chi connectivity index (χ2v) is 5.32. The molecular weight excluding hydrogens is 327 g/mol. The number of nitrogens with zero attached hydrogens (tertiary/aromatic N) is 1. The van der Waals surface area contributed by atoms with Crippen LogP contribution >= 0.6 is 23.2 Å². The summed E-state index contributed by atoms with van der Waals surface area (Å²) in [5.41, 5.74) is 3.23. The van der Waals surface area contributed by atoms with Gasteiger partial charge >= 0.3 is 0 Å². The molecule has 5 nitrogen and oxygen atoms in total. The number of hydrogen-bond acceptors (Lipinski definition) is 4. The van der Waals surface area contributed by atoms with Crippen molar-refractivity contribution in [3.8, 4) is 11.5 Å². The molecule has 0 saturated carbocycles. The molecule has 0 radical (unpaired) electrons. The molecule has 114 valence electrons. The lowest BCUT2D eigenvalue weighted by Gasteiger charge is -2.07. The van der Waals surface area contributed by atoms with Crippen molar-refractivity contribution in [2.75, 3.05) is 0 Å². The van der Waals surface area contributed by atoms with E-state index in [1.54, 1.807) is 13.0 Å². The van der Waals surface area contributed by atoms with Crippen LogP contribution in [0.25, 0.3) is 0 Å². The zero-order valence-corrected chi connectivity index (χ0v) is 13.0. The van der Waals surface area contributed by atoms with Crippen LogP contribution in [0.4, 0.5) is 0 Å². The van der Waals surface area contributed by atoms with Gasteiger partial charge < -0.3 is 10.2 Å². The number of carbonyl (C=O) groups is 1. The van der Waals surface area contributed by atoms with E-state index in [2.05, 4.69) is 10.5 Å². The Balaban J connectivity index is 2.22. The number of phenolic OH excluding ortho intramolecular Hbond substituents is 2. The predicted octanol–water partition coefficient (Wildman–Crippen LogP) is 3.56. The molecule has 0 aromatic heterocycles. The van der Waals surface area contributed by atoms with E-state index in [1.165, 1.54) is 30.3 Å². The molecular formula is C15H12Cl2N2O3. The minimum absolute atomic E-state index is 0.0207. The molecule has 0 unspecified atom stereocenters. The fourth-order valence-electron chi connectivity index (χ4n) is 1.75. The van der Waals surface area contributed by atoms with Crippen molar-refractivity contribution in [1.82, 2.24) is 5.43 Å². The van der Waals surface area contributed by atoms with Crippen molar-refractivity contribution >= 4 is 34.8 Å². The van der Waals surface area contributed by atoms with E-state index in [4.69, 9.17) is 23.2 Å². The van der Waals surface area contributed by atoms with Crippen LogP contribution in [-0.2, 0) is 0 Å². The van der Waals surface area contributed by atoms with Gasteiger partial charge in [-0.25, -0.2) is 5.43 Å². The summed E-state index contributed by atoms with van der Waals surface area (Å²) in [6.45, 7) is 1.59. The Bertz CT molecular complexity index is 760. The molecule has 0 atom stereocenters. The first-order chi connectivity index (χ1) is 10.4. The minimum atomic E-state index is -0.497. The van der Waals surface area contributed by atoms with Gasteiger partial charge in [-0.2, -0.15) is 5.10 Å². The highest BCUT2D eigenvalue weighted by molar-refractivity contribution is 6.36. The number of aromatic hydroxyl groups is 2. The third-order valence-electron chi connectivity index (χ3n) is 2.85. The van der Waals surface area contributed by atoms with Gasteiger partial charge in [-0.3, -0.25) is 4.79 Å². The summed E-state index contributed by atoms with van der Waals surface area (Å²) in [4.78, 5) is 11.9. The molecule has 0 saturated heterocycles. The van der Waals surface area contributed by atoms with E-state index in [0.29, 0.717) is 16.3 Å². The molecule has 2 aromatic carbocycles. The van der Waals surface area contributed by atoms with Gasteiger partial charge in [0.25, 0.3) is 5.91 Å². The largest absolute Gasteiger partial charge is 0.508 e. The molecule has 0 heterocycles. The first-order valence-corrected chi connectivity index (χ1v) is 6.96. The van der Waals surface area contributed by atoms with Crippen molar-refractivity contribution in [2.45, 2.75) is 6.92 Å². The number of carbonyl (C=O) groups excluding carboxylic acids is 1. The van der Waals surface area contributed by atoms with Crippen molar-refractivity contribution in [2.24, 2.45) is 5.10 Å². The SMILES string of the molecule is C/C(=N\NC(=O)c1cccc(O)c1)c1cc(Cl)cc(Cl)c1O. The van der Waals surface area contributed by atoms with E-state index >= 15 is 0 Å². The summed E-state index contributed by atoms with van der Waals surface area (Å²) in [5, 5.41) is 23.6.